The lowest BCUT2D eigenvalue weighted by molar-refractivity contribution is -0.134. The van der Waals surface area contributed by atoms with E-state index in [2.05, 4.69) is 10.3 Å². The maximum atomic E-state index is 13.5. The van der Waals surface area contributed by atoms with Crippen molar-refractivity contribution in [3.8, 4) is 10.4 Å². The maximum Gasteiger partial charge on any atom is 0.257 e. The number of aliphatic imine (C=N–C) groups is 1. The molecule has 0 bridgehead atoms. The van der Waals surface area contributed by atoms with Crippen molar-refractivity contribution in [2.45, 2.75) is 56.8 Å². The summed E-state index contributed by atoms with van der Waals surface area (Å²) in [5.41, 5.74) is 3.20. The Morgan fingerprint density at radius 2 is 2.05 bits per heavy atom. The number of β-amino-alcohol motifs (C(OH)–C–C–N with tert-alkyl or cyclic N) is 1. The van der Waals surface area contributed by atoms with Crippen LogP contribution in [0.3, 0.4) is 0 Å². The topological polar surface area (TPSA) is 132 Å². The number of likely N-dealkylation sites (tertiary alicyclic amines) is 1. The average molecular weight is 538 g/mol. The van der Waals surface area contributed by atoms with Gasteiger partial charge in [0.15, 0.2) is 5.54 Å². The number of carbonyl (C=O) groups excluding carboxylic acids is 2. The molecule has 1 aromatic heterocycles. The average Bonchev–Trinajstić information content (AvgIpc) is 3.66. The molecule has 2 aromatic rings. The molecule has 1 aromatic carbocycles. The Morgan fingerprint density at radius 3 is 2.70 bits per heavy atom. The Hall–Kier alpha value is -2.54. The molecule has 37 heavy (non-hydrogen) atoms. The van der Waals surface area contributed by atoms with Gasteiger partial charge in [0, 0.05) is 27.2 Å². The Balaban J connectivity index is 1.41. The van der Waals surface area contributed by atoms with E-state index < -0.39 is 39.5 Å². The number of hydrogen-bond donors (Lipinski definition) is 2. The highest BCUT2D eigenvalue weighted by atomic mass is 32.2. The van der Waals surface area contributed by atoms with Crippen molar-refractivity contribution in [2.75, 3.05) is 13.1 Å². The minimum absolute atomic E-state index is 0.0225. The van der Waals surface area contributed by atoms with Gasteiger partial charge < -0.3 is 15.3 Å². The number of carbonyl (C=O) groups is 2. The highest BCUT2D eigenvalue weighted by Gasteiger charge is 2.49. The highest BCUT2D eigenvalue weighted by Crippen LogP contribution is 2.35. The summed E-state index contributed by atoms with van der Waals surface area (Å²) in [5, 5.41) is 13.3. The number of rotatable bonds is 6. The molecule has 2 N–H and O–H groups in total. The molecule has 4 atom stereocenters. The second-order valence-corrected chi connectivity index (χ2v) is 12.3. The summed E-state index contributed by atoms with van der Waals surface area (Å²) < 4.78 is 25.9. The first-order valence-corrected chi connectivity index (χ1v) is 14.4. The number of hydrogen-bond acceptors (Lipinski definition) is 8. The van der Waals surface area contributed by atoms with Crippen LogP contribution in [-0.2, 0) is 25.0 Å². The fraction of sp³-hybridized carbons (Fsp3) is 0.478. The molecular formula is C23H26B2N5O5S2. The Bertz CT molecular complexity index is 1370. The second-order valence-electron chi connectivity index (χ2n) is 9.71. The van der Waals surface area contributed by atoms with Crippen LogP contribution in [0.4, 0.5) is 0 Å². The van der Waals surface area contributed by atoms with Crippen LogP contribution < -0.4 is 5.32 Å². The molecule has 1 unspecified atom stereocenters. The number of aliphatic hydroxyl groups is 1. The Labute approximate surface area is 221 Å². The molecule has 3 aliphatic heterocycles. The van der Waals surface area contributed by atoms with Crippen LogP contribution in [0.25, 0.3) is 10.4 Å². The van der Waals surface area contributed by atoms with Gasteiger partial charge in [-0.25, -0.2) is 22.7 Å². The molecule has 5 rings (SSSR count). The standard InChI is InChI=1S/C23H26B2N5O5S2/c1-13-19(36-12-26-13)14-5-7-15(8-6-14)23(2)22(33)27-20(28-23)18-10-16(31)11-29(18)21(32)17-4-3-9-30(17)37(34,35)25-24/h5-8,12,16-18,31H,3-4,9-11H2,1-2H3,(H,27,28,33)/t16-,17-,18?,23+/m1/s1. The molecule has 0 spiro atoms. The van der Waals surface area contributed by atoms with Crippen molar-refractivity contribution < 1.29 is 23.1 Å². The maximum absolute atomic E-state index is 13.5. The summed E-state index contributed by atoms with van der Waals surface area (Å²) in [7, 11) is 1.42. The lowest BCUT2D eigenvalue weighted by atomic mass is 9.79. The molecule has 2 saturated heterocycles. The van der Waals surface area contributed by atoms with E-state index in [1.54, 1.807) is 23.8 Å². The number of thiazole rings is 1. The van der Waals surface area contributed by atoms with E-state index in [1.807, 2.05) is 31.2 Å². The fourth-order valence-corrected chi connectivity index (χ4v) is 7.22. The number of nitrogens with one attached hydrogen (secondary N) is 1. The second kappa shape index (κ2) is 9.64. The van der Waals surface area contributed by atoms with Gasteiger partial charge in [-0.15, -0.1) is 11.3 Å². The van der Waals surface area contributed by atoms with Crippen LogP contribution in [0.2, 0.25) is 0 Å². The van der Waals surface area contributed by atoms with Crippen LogP contribution in [0.5, 0.6) is 0 Å². The van der Waals surface area contributed by atoms with Gasteiger partial charge in [-0.1, -0.05) is 24.3 Å². The van der Waals surface area contributed by atoms with Gasteiger partial charge in [0.1, 0.15) is 21.8 Å². The zero-order valence-electron chi connectivity index (χ0n) is 20.5. The minimum Gasteiger partial charge on any atom is -0.391 e. The predicted octanol–water partition coefficient (Wildman–Crippen LogP) is 0.321. The lowest BCUT2D eigenvalue weighted by Crippen LogP contribution is -2.53. The van der Waals surface area contributed by atoms with Crippen molar-refractivity contribution in [2.24, 2.45) is 4.99 Å². The predicted molar refractivity (Wildman–Crippen MR) is 141 cm³/mol. The van der Waals surface area contributed by atoms with Crippen LogP contribution in [0.15, 0.2) is 34.8 Å². The van der Waals surface area contributed by atoms with Crippen molar-refractivity contribution in [1.82, 2.24) is 19.5 Å². The quantitative estimate of drug-likeness (QED) is 0.510. The smallest absolute Gasteiger partial charge is 0.257 e. The summed E-state index contributed by atoms with van der Waals surface area (Å²) in [4.78, 5) is 38.2. The van der Waals surface area contributed by atoms with Crippen LogP contribution in [0, 0.1) is 6.92 Å². The Kier molecular flexibility index (Phi) is 6.80. The van der Waals surface area contributed by atoms with E-state index in [9.17, 15) is 23.1 Å². The van der Waals surface area contributed by atoms with Gasteiger partial charge in [-0.2, -0.15) is 0 Å². The largest absolute Gasteiger partial charge is 0.391 e. The fourth-order valence-electron chi connectivity index (χ4n) is 5.31. The van der Waals surface area contributed by atoms with Crippen molar-refractivity contribution in [3.63, 3.8) is 0 Å². The van der Waals surface area contributed by atoms with Crippen molar-refractivity contribution in [3.05, 3.63) is 41.0 Å². The number of aliphatic hydroxyl groups excluding tert-OH is 1. The summed E-state index contributed by atoms with van der Waals surface area (Å²) in [6.45, 7) is 3.87. The normalized spacial score (nSPS) is 28.4. The third kappa shape index (κ3) is 4.53. The molecule has 10 nitrogen and oxygen atoms in total. The van der Waals surface area contributed by atoms with Crippen LogP contribution in [0.1, 0.15) is 37.4 Å². The number of amidine groups is 1. The molecule has 191 valence electrons. The third-order valence-electron chi connectivity index (χ3n) is 7.35. The van der Waals surface area contributed by atoms with E-state index in [-0.39, 0.29) is 31.3 Å². The molecule has 3 aliphatic rings. The minimum atomic E-state index is -3.88. The monoisotopic (exact) mass is 538 g/mol. The molecule has 3 radical (unpaired) electrons. The van der Waals surface area contributed by atoms with E-state index in [4.69, 9.17) is 12.7 Å². The van der Waals surface area contributed by atoms with E-state index in [0.717, 1.165) is 20.4 Å². The van der Waals surface area contributed by atoms with Crippen molar-refractivity contribution >= 4 is 53.0 Å². The molecule has 0 saturated carbocycles. The summed E-state index contributed by atoms with van der Waals surface area (Å²) in [5.74, 6) is -0.474. The molecule has 0 aliphatic carbocycles. The molecule has 14 heteroatoms. The van der Waals surface area contributed by atoms with Gasteiger partial charge in [-0.3, -0.25) is 9.59 Å². The van der Waals surface area contributed by atoms with E-state index in [0.29, 0.717) is 24.9 Å². The molecular weight excluding hydrogens is 512 g/mol. The zero-order chi connectivity index (χ0) is 26.5. The third-order valence-corrected chi connectivity index (χ3v) is 9.76. The van der Waals surface area contributed by atoms with Crippen LogP contribution >= 0.6 is 11.3 Å². The van der Waals surface area contributed by atoms with Crippen LogP contribution in [-0.4, -0.2) is 90.8 Å². The van der Waals surface area contributed by atoms with Gasteiger partial charge in [0.2, 0.25) is 12.4 Å². The summed E-state index contributed by atoms with van der Waals surface area (Å²) in [6, 6.07) is 5.99. The van der Waals surface area contributed by atoms with Gasteiger partial charge in [-0.05, 0) is 37.8 Å². The van der Waals surface area contributed by atoms with Gasteiger partial charge in [0.05, 0.1) is 28.2 Å². The number of aryl methyl sites for hydroxylation is 1. The van der Waals surface area contributed by atoms with Gasteiger partial charge in [0.25, 0.3) is 5.91 Å². The molecule has 2 amide bonds. The number of aromatic nitrogens is 1. The van der Waals surface area contributed by atoms with Gasteiger partial charge >= 0.3 is 0 Å². The summed E-state index contributed by atoms with van der Waals surface area (Å²) >= 11 is 1.54. The number of benzene rings is 1. The highest BCUT2D eigenvalue weighted by molar-refractivity contribution is 8.17. The zero-order valence-corrected chi connectivity index (χ0v) is 22.1. The first-order valence-electron chi connectivity index (χ1n) is 12.0. The van der Waals surface area contributed by atoms with E-state index in [1.165, 1.54) is 4.90 Å². The van der Waals surface area contributed by atoms with Crippen molar-refractivity contribution in [1.29, 1.82) is 0 Å². The Morgan fingerprint density at radius 1 is 1.32 bits per heavy atom. The number of amides is 2. The van der Waals surface area contributed by atoms with E-state index >= 15 is 0 Å². The molecule has 2 fully saturated rings. The first kappa shape index (κ1) is 26.1. The lowest BCUT2D eigenvalue weighted by Gasteiger charge is -2.30. The first-order chi connectivity index (χ1) is 17.5. The number of nitrogens with zero attached hydrogens (tertiary/aromatic N) is 4. The summed E-state index contributed by atoms with van der Waals surface area (Å²) in [6.07, 6.45) is 0.843. The molecule has 4 heterocycles. The SMILES string of the molecule is [B][B]S(=O)(=O)N1CCC[C@@H]1C(=O)N1C[C@H](O)CC1C1=N[C@@](C)(c2ccc(-c3scnc3C)cc2)C(=O)N1.